The summed E-state index contributed by atoms with van der Waals surface area (Å²) in [5.41, 5.74) is -1.17. The summed E-state index contributed by atoms with van der Waals surface area (Å²) < 4.78 is 65.7. The van der Waals surface area contributed by atoms with Gasteiger partial charge in [-0.05, 0) is 39.3 Å². The van der Waals surface area contributed by atoms with Gasteiger partial charge in [-0.1, -0.05) is 0 Å². The third kappa shape index (κ3) is 5.42. The summed E-state index contributed by atoms with van der Waals surface area (Å²) >= 11 is 0. The number of fused-ring (bicyclic) bond motifs is 2. The highest BCUT2D eigenvalue weighted by molar-refractivity contribution is 5.72. The minimum atomic E-state index is -4.50. The third-order valence-corrected chi connectivity index (χ3v) is 6.76. The molecule has 0 spiro atoms. The van der Waals surface area contributed by atoms with Crippen molar-refractivity contribution in [2.45, 2.75) is 51.1 Å². The number of piperazine rings is 1. The summed E-state index contributed by atoms with van der Waals surface area (Å²) in [7, 11) is 0. The molecule has 2 aromatic heterocycles. The van der Waals surface area contributed by atoms with E-state index in [0.29, 0.717) is 51.5 Å². The molecule has 3 aliphatic rings. The van der Waals surface area contributed by atoms with Gasteiger partial charge < -0.3 is 29.5 Å². The molecule has 2 bridgehead atoms. The van der Waals surface area contributed by atoms with Gasteiger partial charge in [0.05, 0.1) is 30.5 Å². The standard InChI is InChI=1S/C25H30F4N6O3/c1-24(2,3)38-23(36)35-14-16-10-17(35)13-34(16)18-11-20(31-19-5-4-15(12-30-19)25(27,28)29)32-22(21(18)26)33-6-8-37-9-7-33/h4-5,11-12,16-17H,6-10,13-14H2,1-3H3,(H,30,31,32). The smallest absolute Gasteiger partial charge is 0.417 e. The van der Waals surface area contributed by atoms with Crippen LogP contribution in [0.15, 0.2) is 24.4 Å². The lowest BCUT2D eigenvalue weighted by Crippen LogP contribution is -2.50. The quantitative estimate of drug-likeness (QED) is 0.574. The van der Waals surface area contributed by atoms with Gasteiger partial charge in [-0.15, -0.1) is 0 Å². The first-order valence-corrected chi connectivity index (χ1v) is 12.5. The maximum atomic E-state index is 16.0. The van der Waals surface area contributed by atoms with Crippen LogP contribution < -0.4 is 15.1 Å². The molecule has 9 nitrogen and oxygen atoms in total. The maximum Gasteiger partial charge on any atom is 0.417 e. The molecule has 1 N–H and O–H groups in total. The Morgan fingerprint density at radius 1 is 1.11 bits per heavy atom. The Kier molecular flexibility index (Phi) is 6.74. The molecular formula is C25H30F4N6O3. The summed E-state index contributed by atoms with van der Waals surface area (Å²) in [6, 6.07) is 3.43. The molecule has 5 heterocycles. The Labute approximate surface area is 217 Å². The van der Waals surface area contributed by atoms with E-state index in [4.69, 9.17) is 9.47 Å². The number of likely N-dealkylation sites (tertiary alicyclic amines) is 1. The first-order valence-electron chi connectivity index (χ1n) is 12.5. The molecule has 13 heteroatoms. The molecule has 2 aromatic rings. The van der Waals surface area contributed by atoms with Crippen LogP contribution in [-0.2, 0) is 15.7 Å². The Bertz CT molecular complexity index is 1180. The molecule has 5 rings (SSSR count). The molecule has 3 fully saturated rings. The summed E-state index contributed by atoms with van der Waals surface area (Å²) in [5.74, 6) is 0.0399. The van der Waals surface area contributed by atoms with E-state index < -0.39 is 23.2 Å². The molecule has 2 unspecified atom stereocenters. The van der Waals surface area contributed by atoms with Crippen LogP contribution >= 0.6 is 0 Å². The van der Waals surface area contributed by atoms with Crippen molar-refractivity contribution in [3.8, 4) is 0 Å². The monoisotopic (exact) mass is 538 g/mol. The van der Waals surface area contributed by atoms with Gasteiger partial charge in [0, 0.05) is 44.5 Å². The fourth-order valence-electron chi connectivity index (χ4n) is 5.03. The number of morpholine rings is 1. The van der Waals surface area contributed by atoms with Crippen LogP contribution in [0.5, 0.6) is 0 Å². The predicted octanol–water partition coefficient (Wildman–Crippen LogP) is 4.41. The number of alkyl halides is 3. The Morgan fingerprint density at radius 2 is 1.84 bits per heavy atom. The van der Waals surface area contributed by atoms with Crippen molar-refractivity contribution in [3.05, 3.63) is 35.8 Å². The summed E-state index contributed by atoms with van der Waals surface area (Å²) in [5, 5.41) is 2.92. The van der Waals surface area contributed by atoms with Crippen LogP contribution in [0.4, 0.5) is 45.5 Å². The number of carbonyl (C=O) groups is 1. The lowest BCUT2D eigenvalue weighted by atomic mass is 10.2. The van der Waals surface area contributed by atoms with Crippen LogP contribution in [-0.4, -0.2) is 78.0 Å². The number of ether oxygens (including phenoxy) is 2. The number of hydrogen-bond acceptors (Lipinski definition) is 8. The van der Waals surface area contributed by atoms with E-state index in [1.165, 1.54) is 12.1 Å². The Balaban J connectivity index is 1.42. The van der Waals surface area contributed by atoms with E-state index in [-0.39, 0.29) is 35.6 Å². The fourth-order valence-corrected chi connectivity index (χ4v) is 5.03. The second-order valence-corrected chi connectivity index (χ2v) is 10.6. The summed E-state index contributed by atoms with van der Waals surface area (Å²) in [6.45, 7) is 8.00. The SMILES string of the molecule is CC(C)(C)OC(=O)N1CC2CC1CN2c1cc(Nc2ccc(C(F)(F)F)cn2)nc(N2CCOCC2)c1F. The first kappa shape index (κ1) is 26.3. The first-order chi connectivity index (χ1) is 17.9. The second kappa shape index (κ2) is 9.75. The number of pyridine rings is 2. The number of aromatic nitrogens is 2. The highest BCUT2D eigenvalue weighted by Crippen LogP contribution is 2.40. The Hall–Kier alpha value is -3.35. The van der Waals surface area contributed by atoms with Crippen molar-refractivity contribution >= 4 is 29.2 Å². The zero-order chi connectivity index (χ0) is 27.2. The molecule has 0 aromatic carbocycles. The van der Waals surface area contributed by atoms with Crippen molar-refractivity contribution in [2.75, 3.05) is 54.5 Å². The molecule has 2 atom stereocenters. The van der Waals surface area contributed by atoms with Crippen LogP contribution in [0.3, 0.4) is 0 Å². The molecule has 0 radical (unpaired) electrons. The topological polar surface area (TPSA) is 83.1 Å². The summed E-state index contributed by atoms with van der Waals surface area (Å²) in [6.07, 6.45) is -3.47. The zero-order valence-electron chi connectivity index (χ0n) is 21.4. The third-order valence-electron chi connectivity index (χ3n) is 6.76. The molecule has 1 amide bonds. The second-order valence-electron chi connectivity index (χ2n) is 10.6. The van der Waals surface area contributed by atoms with Crippen molar-refractivity contribution in [1.29, 1.82) is 0 Å². The number of halogens is 4. The van der Waals surface area contributed by atoms with E-state index >= 15 is 4.39 Å². The molecule has 0 saturated carbocycles. The van der Waals surface area contributed by atoms with Gasteiger partial charge in [0.2, 0.25) is 0 Å². The molecule has 206 valence electrons. The normalized spacial score (nSPS) is 21.7. The number of rotatable bonds is 4. The summed E-state index contributed by atoms with van der Waals surface area (Å²) in [4.78, 5) is 26.4. The van der Waals surface area contributed by atoms with Gasteiger partial charge >= 0.3 is 12.3 Å². The lowest BCUT2D eigenvalue weighted by Gasteiger charge is -2.37. The molecular weight excluding hydrogens is 508 g/mol. The zero-order valence-corrected chi connectivity index (χ0v) is 21.4. The number of nitrogens with zero attached hydrogens (tertiary/aromatic N) is 5. The minimum Gasteiger partial charge on any atom is -0.444 e. The van der Waals surface area contributed by atoms with Gasteiger partial charge in [-0.2, -0.15) is 13.2 Å². The number of amides is 1. The predicted molar refractivity (Wildman–Crippen MR) is 132 cm³/mol. The van der Waals surface area contributed by atoms with E-state index in [1.54, 1.807) is 9.80 Å². The van der Waals surface area contributed by atoms with Crippen LogP contribution in [0, 0.1) is 5.82 Å². The van der Waals surface area contributed by atoms with Crippen molar-refractivity contribution < 1.29 is 31.8 Å². The van der Waals surface area contributed by atoms with Crippen LogP contribution in [0.2, 0.25) is 0 Å². The average molecular weight is 539 g/mol. The van der Waals surface area contributed by atoms with Crippen LogP contribution in [0.1, 0.15) is 32.8 Å². The van der Waals surface area contributed by atoms with Gasteiger partial charge in [-0.3, -0.25) is 0 Å². The number of carbonyl (C=O) groups excluding carboxylic acids is 1. The molecule has 0 aliphatic carbocycles. The van der Waals surface area contributed by atoms with E-state index in [1.807, 2.05) is 25.7 Å². The molecule has 3 aliphatic heterocycles. The van der Waals surface area contributed by atoms with Crippen molar-refractivity contribution in [1.82, 2.24) is 14.9 Å². The van der Waals surface area contributed by atoms with Gasteiger partial charge in [0.15, 0.2) is 11.6 Å². The maximum absolute atomic E-state index is 16.0. The number of hydrogen-bond donors (Lipinski definition) is 1. The highest BCUT2D eigenvalue weighted by atomic mass is 19.4. The largest absolute Gasteiger partial charge is 0.444 e. The molecule has 38 heavy (non-hydrogen) atoms. The van der Waals surface area contributed by atoms with Crippen LogP contribution in [0.25, 0.3) is 0 Å². The van der Waals surface area contributed by atoms with Crippen molar-refractivity contribution in [3.63, 3.8) is 0 Å². The lowest BCUT2D eigenvalue weighted by molar-refractivity contribution is -0.137. The molecule has 3 saturated heterocycles. The Morgan fingerprint density at radius 3 is 2.42 bits per heavy atom. The minimum absolute atomic E-state index is 0.112. The van der Waals surface area contributed by atoms with E-state index in [9.17, 15) is 18.0 Å². The van der Waals surface area contributed by atoms with E-state index in [0.717, 1.165) is 12.3 Å². The van der Waals surface area contributed by atoms with E-state index in [2.05, 4.69) is 15.3 Å². The number of anilines is 4. The van der Waals surface area contributed by atoms with Gasteiger partial charge in [0.25, 0.3) is 0 Å². The van der Waals surface area contributed by atoms with Gasteiger partial charge in [0.1, 0.15) is 17.2 Å². The average Bonchev–Trinajstić information content (AvgIpc) is 3.46. The highest BCUT2D eigenvalue weighted by Gasteiger charge is 2.47. The van der Waals surface area contributed by atoms with Gasteiger partial charge in [-0.25, -0.2) is 19.2 Å². The fraction of sp³-hybridized carbons (Fsp3) is 0.560. The number of nitrogens with one attached hydrogen (secondary N) is 1. The van der Waals surface area contributed by atoms with Crippen molar-refractivity contribution in [2.24, 2.45) is 0 Å².